The Kier molecular flexibility index (Phi) is 5.27. The smallest absolute Gasteiger partial charge is 0.344 e. The van der Waals surface area contributed by atoms with E-state index in [9.17, 15) is 14.4 Å². The van der Waals surface area contributed by atoms with Crippen LogP contribution in [0.2, 0.25) is 0 Å². The summed E-state index contributed by atoms with van der Waals surface area (Å²) in [7, 11) is 0. The number of carbonyl (C=O) groups is 2. The number of carbonyl (C=O) groups excluding carboxylic acids is 2. The molecule has 1 aliphatic heterocycles. The minimum Gasteiger partial charge on any atom is -0.482 e. The largest absolute Gasteiger partial charge is 0.482 e. The van der Waals surface area contributed by atoms with E-state index in [0.717, 1.165) is 27.8 Å². The lowest BCUT2D eigenvalue weighted by atomic mass is 10.0. The molecular formula is C23H21NO6. The summed E-state index contributed by atoms with van der Waals surface area (Å²) in [6, 6.07) is 10.4. The first-order valence-corrected chi connectivity index (χ1v) is 9.65. The first kappa shape index (κ1) is 19.7. The normalized spacial score (nSPS) is 12.9. The second-order valence-electron chi connectivity index (χ2n) is 7.29. The lowest BCUT2D eigenvalue weighted by Crippen LogP contribution is -2.19. The highest BCUT2D eigenvalue weighted by atomic mass is 16.6. The molecule has 0 unspecified atom stereocenters. The van der Waals surface area contributed by atoms with Gasteiger partial charge in [-0.2, -0.15) is 0 Å². The molecule has 0 saturated carbocycles. The maximum absolute atomic E-state index is 12.2. The van der Waals surface area contributed by atoms with Crippen molar-refractivity contribution in [3.8, 4) is 5.75 Å². The van der Waals surface area contributed by atoms with Crippen molar-refractivity contribution in [3.05, 3.63) is 69.1 Å². The van der Waals surface area contributed by atoms with Gasteiger partial charge in [-0.15, -0.1) is 0 Å². The first-order valence-electron chi connectivity index (χ1n) is 9.65. The zero-order valence-corrected chi connectivity index (χ0v) is 16.7. The van der Waals surface area contributed by atoms with Crippen LogP contribution in [0.15, 0.2) is 45.6 Å². The Morgan fingerprint density at radius 2 is 1.93 bits per heavy atom. The highest BCUT2D eigenvalue weighted by Crippen LogP contribution is 2.27. The van der Waals surface area contributed by atoms with Gasteiger partial charge in [-0.3, -0.25) is 4.79 Å². The summed E-state index contributed by atoms with van der Waals surface area (Å²) in [5, 5.41) is 3.54. The number of anilines is 1. The van der Waals surface area contributed by atoms with Gasteiger partial charge in [0.15, 0.2) is 6.61 Å². The molecule has 7 heteroatoms. The lowest BCUT2D eigenvalue weighted by molar-refractivity contribution is -0.147. The number of hydrogen-bond acceptors (Lipinski definition) is 6. The van der Waals surface area contributed by atoms with Gasteiger partial charge in [0, 0.05) is 29.1 Å². The maximum Gasteiger partial charge on any atom is 0.344 e. The van der Waals surface area contributed by atoms with Gasteiger partial charge in [0.1, 0.15) is 17.9 Å². The van der Waals surface area contributed by atoms with Crippen molar-refractivity contribution >= 4 is 28.5 Å². The number of benzene rings is 2. The lowest BCUT2D eigenvalue weighted by Gasteiger charge is -2.17. The van der Waals surface area contributed by atoms with E-state index in [1.165, 1.54) is 6.07 Å². The summed E-state index contributed by atoms with van der Waals surface area (Å²) in [4.78, 5) is 35.5. The molecule has 154 valence electrons. The molecule has 0 aliphatic carbocycles. The predicted octanol–water partition coefficient (Wildman–Crippen LogP) is 3.42. The minimum absolute atomic E-state index is 0.00688. The molecule has 1 aromatic heterocycles. The second-order valence-corrected chi connectivity index (χ2v) is 7.29. The number of ether oxygens (including phenoxy) is 2. The van der Waals surface area contributed by atoms with Gasteiger partial charge in [0.05, 0.1) is 0 Å². The average Bonchev–Trinajstić information content (AvgIpc) is 2.73. The summed E-state index contributed by atoms with van der Waals surface area (Å²) in [6.45, 7) is 3.51. The molecular weight excluding hydrogens is 386 g/mol. The van der Waals surface area contributed by atoms with Gasteiger partial charge >= 0.3 is 11.6 Å². The van der Waals surface area contributed by atoms with Crippen LogP contribution >= 0.6 is 0 Å². The minimum atomic E-state index is -0.550. The quantitative estimate of drug-likeness (QED) is 0.514. The fraction of sp³-hybridized carbons (Fsp3) is 0.261. The number of amides is 1. The molecule has 1 amide bonds. The Hall–Kier alpha value is -3.61. The van der Waals surface area contributed by atoms with Gasteiger partial charge in [0.25, 0.3) is 0 Å². The fourth-order valence-corrected chi connectivity index (χ4v) is 3.44. The van der Waals surface area contributed by atoms with E-state index in [1.54, 1.807) is 12.1 Å². The summed E-state index contributed by atoms with van der Waals surface area (Å²) < 4.78 is 16.2. The van der Waals surface area contributed by atoms with Crippen molar-refractivity contribution in [2.24, 2.45) is 0 Å². The summed E-state index contributed by atoms with van der Waals surface area (Å²) in [5.41, 5.74) is 4.23. The highest BCUT2D eigenvalue weighted by molar-refractivity contribution is 5.94. The molecule has 3 aromatic rings. The SMILES string of the molecule is Cc1ccc2c(COC(=O)COc3ccc4c(c3)CCC(=O)N4)cc(=O)oc2c1C. The Balaban J connectivity index is 1.40. The Morgan fingerprint density at radius 3 is 2.77 bits per heavy atom. The topological polar surface area (TPSA) is 94.8 Å². The first-order chi connectivity index (χ1) is 14.4. The number of aryl methyl sites for hydroxylation is 3. The van der Waals surface area contributed by atoms with Crippen molar-refractivity contribution < 1.29 is 23.5 Å². The fourth-order valence-electron chi connectivity index (χ4n) is 3.44. The van der Waals surface area contributed by atoms with Crippen LogP contribution in [-0.2, 0) is 27.4 Å². The van der Waals surface area contributed by atoms with Crippen LogP contribution in [0.3, 0.4) is 0 Å². The second kappa shape index (κ2) is 8.02. The zero-order valence-electron chi connectivity index (χ0n) is 16.7. The molecule has 30 heavy (non-hydrogen) atoms. The van der Waals surface area contributed by atoms with Crippen molar-refractivity contribution in [1.82, 2.24) is 0 Å². The number of rotatable bonds is 5. The van der Waals surface area contributed by atoms with Crippen molar-refractivity contribution in [2.75, 3.05) is 11.9 Å². The van der Waals surface area contributed by atoms with Gasteiger partial charge in [-0.05, 0) is 55.2 Å². The molecule has 0 spiro atoms. The highest BCUT2D eigenvalue weighted by Gasteiger charge is 2.16. The van der Waals surface area contributed by atoms with Crippen LogP contribution in [0, 0.1) is 13.8 Å². The monoisotopic (exact) mass is 407 g/mol. The van der Waals surface area contributed by atoms with Crippen LogP contribution in [0.25, 0.3) is 11.0 Å². The number of fused-ring (bicyclic) bond motifs is 2. The third-order valence-electron chi connectivity index (χ3n) is 5.23. The number of nitrogens with one attached hydrogen (secondary N) is 1. The Labute approximate surface area is 172 Å². The molecule has 7 nitrogen and oxygen atoms in total. The number of esters is 1. The van der Waals surface area contributed by atoms with Crippen LogP contribution in [0.5, 0.6) is 5.75 Å². The van der Waals surface area contributed by atoms with Crippen LogP contribution in [-0.4, -0.2) is 18.5 Å². The third-order valence-corrected chi connectivity index (χ3v) is 5.23. The molecule has 1 N–H and O–H groups in total. The third kappa shape index (κ3) is 4.05. The zero-order chi connectivity index (χ0) is 21.3. The van der Waals surface area contributed by atoms with E-state index in [-0.39, 0.29) is 19.1 Å². The van der Waals surface area contributed by atoms with Crippen LogP contribution < -0.4 is 15.7 Å². The van der Waals surface area contributed by atoms with Crippen LogP contribution in [0.1, 0.15) is 28.7 Å². The van der Waals surface area contributed by atoms with E-state index in [4.69, 9.17) is 13.9 Å². The van der Waals surface area contributed by atoms with Gasteiger partial charge in [-0.25, -0.2) is 9.59 Å². The van der Waals surface area contributed by atoms with Gasteiger partial charge in [-0.1, -0.05) is 12.1 Å². The van der Waals surface area contributed by atoms with E-state index in [1.807, 2.05) is 32.0 Å². The summed E-state index contributed by atoms with van der Waals surface area (Å²) in [6.07, 6.45) is 1.06. The van der Waals surface area contributed by atoms with Gasteiger partial charge in [0.2, 0.25) is 5.91 Å². The molecule has 0 atom stereocenters. The molecule has 0 fully saturated rings. The van der Waals surface area contributed by atoms with E-state index >= 15 is 0 Å². The molecule has 0 saturated heterocycles. The maximum atomic E-state index is 12.2. The predicted molar refractivity (Wildman–Crippen MR) is 111 cm³/mol. The van der Waals surface area contributed by atoms with Crippen molar-refractivity contribution in [2.45, 2.75) is 33.3 Å². The summed E-state index contributed by atoms with van der Waals surface area (Å²) >= 11 is 0. The van der Waals surface area contributed by atoms with Gasteiger partial charge < -0.3 is 19.2 Å². The van der Waals surface area contributed by atoms with Crippen molar-refractivity contribution in [3.63, 3.8) is 0 Å². The molecule has 1 aliphatic rings. The Morgan fingerprint density at radius 1 is 1.10 bits per heavy atom. The molecule has 0 bridgehead atoms. The summed E-state index contributed by atoms with van der Waals surface area (Å²) in [5.74, 6) is -0.0300. The Bertz CT molecular complexity index is 1210. The molecule has 2 aromatic carbocycles. The number of hydrogen-bond donors (Lipinski definition) is 1. The van der Waals surface area contributed by atoms with E-state index in [0.29, 0.717) is 29.7 Å². The average molecular weight is 407 g/mol. The van der Waals surface area contributed by atoms with Crippen LogP contribution in [0.4, 0.5) is 5.69 Å². The molecule has 2 heterocycles. The van der Waals surface area contributed by atoms with Crippen molar-refractivity contribution in [1.29, 1.82) is 0 Å². The van der Waals surface area contributed by atoms with E-state index in [2.05, 4.69) is 5.32 Å². The molecule has 4 rings (SSSR count). The van der Waals surface area contributed by atoms with E-state index < -0.39 is 11.6 Å². The standard InChI is InChI=1S/C23H21NO6/c1-13-3-6-18-16(10-21(26)30-23(18)14(13)2)11-29-22(27)12-28-17-5-7-19-15(9-17)4-8-20(25)24-19/h3,5-7,9-10H,4,8,11-12H2,1-2H3,(H,24,25). The molecule has 0 radical (unpaired) electrons.